The average Bonchev–Trinajstić information content (AvgIpc) is 3.27. The highest BCUT2D eigenvalue weighted by atomic mass is 32.1. The van der Waals surface area contributed by atoms with Gasteiger partial charge in [-0.25, -0.2) is 0 Å². The summed E-state index contributed by atoms with van der Waals surface area (Å²) >= 11 is 5.95. The van der Waals surface area contributed by atoms with Gasteiger partial charge in [0.05, 0.1) is 6.04 Å². The fourth-order valence-electron chi connectivity index (χ4n) is 4.48. The Morgan fingerprint density at radius 2 is 1.48 bits per heavy atom. The van der Waals surface area contributed by atoms with Gasteiger partial charge in [-0.05, 0) is 42.3 Å². The molecule has 1 atom stereocenters. The van der Waals surface area contributed by atoms with Gasteiger partial charge in [-0.15, -0.1) is 0 Å². The van der Waals surface area contributed by atoms with Gasteiger partial charge < -0.3 is 10.2 Å². The molecule has 4 heteroatoms. The fourth-order valence-corrected chi connectivity index (χ4v) is 4.87. The Hall–Kier alpha value is -2.69. The van der Waals surface area contributed by atoms with Gasteiger partial charge in [0.25, 0.3) is 0 Å². The molecule has 1 heterocycles. The van der Waals surface area contributed by atoms with Crippen molar-refractivity contribution in [3.05, 3.63) is 108 Å². The van der Waals surface area contributed by atoms with Crippen LogP contribution in [0.25, 0.3) is 0 Å². The Balaban J connectivity index is 1.45. The van der Waals surface area contributed by atoms with Crippen molar-refractivity contribution in [1.29, 1.82) is 0 Å². The molecule has 31 heavy (non-hydrogen) atoms. The van der Waals surface area contributed by atoms with E-state index in [4.69, 9.17) is 12.2 Å². The van der Waals surface area contributed by atoms with E-state index in [1.54, 1.807) is 0 Å². The molecular formula is C27H31N3S. The first-order valence-corrected chi connectivity index (χ1v) is 11.6. The SMILES string of the molecule is CCN(C(=S)NC(c1ccccc1)c1ccccc1)C1CCN(Cc2ccccc2)C1. The van der Waals surface area contributed by atoms with E-state index in [0.717, 1.165) is 37.7 Å². The molecule has 0 aromatic heterocycles. The molecule has 1 fully saturated rings. The maximum Gasteiger partial charge on any atom is 0.169 e. The molecule has 0 spiro atoms. The summed E-state index contributed by atoms with van der Waals surface area (Å²) < 4.78 is 0. The highest BCUT2D eigenvalue weighted by Crippen LogP contribution is 2.24. The minimum absolute atomic E-state index is 0.0470. The quantitative estimate of drug-likeness (QED) is 0.517. The van der Waals surface area contributed by atoms with Crippen molar-refractivity contribution >= 4 is 17.3 Å². The number of rotatable bonds is 7. The number of nitrogens with zero attached hydrogens (tertiary/aromatic N) is 2. The Kier molecular flexibility index (Phi) is 7.34. The van der Waals surface area contributed by atoms with E-state index in [9.17, 15) is 0 Å². The number of benzene rings is 3. The van der Waals surface area contributed by atoms with Crippen LogP contribution in [0.1, 0.15) is 36.1 Å². The highest BCUT2D eigenvalue weighted by molar-refractivity contribution is 7.80. The van der Waals surface area contributed by atoms with E-state index in [2.05, 4.69) is 113 Å². The zero-order chi connectivity index (χ0) is 21.5. The van der Waals surface area contributed by atoms with E-state index in [0.29, 0.717) is 6.04 Å². The minimum Gasteiger partial charge on any atom is -0.352 e. The van der Waals surface area contributed by atoms with E-state index >= 15 is 0 Å². The van der Waals surface area contributed by atoms with Crippen molar-refractivity contribution in [3.63, 3.8) is 0 Å². The summed E-state index contributed by atoms with van der Waals surface area (Å²) in [5.74, 6) is 0. The predicted molar refractivity (Wildman–Crippen MR) is 133 cm³/mol. The first kappa shape index (κ1) is 21.5. The summed E-state index contributed by atoms with van der Waals surface area (Å²) in [6, 6.07) is 32.4. The normalized spacial score (nSPS) is 16.4. The second-order valence-corrected chi connectivity index (χ2v) is 8.54. The van der Waals surface area contributed by atoms with Crippen LogP contribution in [-0.4, -0.2) is 40.6 Å². The lowest BCUT2D eigenvalue weighted by Gasteiger charge is -2.33. The van der Waals surface area contributed by atoms with Gasteiger partial charge in [-0.1, -0.05) is 91.0 Å². The molecule has 3 aromatic carbocycles. The summed E-state index contributed by atoms with van der Waals surface area (Å²) in [7, 11) is 0. The molecule has 1 aliphatic rings. The molecule has 1 saturated heterocycles. The number of likely N-dealkylation sites (tertiary alicyclic amines) is 1. The first-order valence-electron chi connectivity index (χ1n) is 11.2. The highest BCUT2D eigenvalue weighted by Gasteiger charge is 2.29. The third-order valence-corrected chi connectivity index (χ3v) is 6.42. The number of nitrogens with one attached hydrogen (secondary N) is 1. The van der Waals surface area contributed by atoms with Crippen LogP contribution in [0.3, 0.4) is 0 Å². The Labute approximate surface area is 191 Å². The van der Waals surface area contributed by atoms with E-state index in [-0.39, 0.29) is 6.04 Å². The van der Waals surface area contributed by atoms with Crippen molar-refractivity contribution in [2.45, 2.75) is 32.0 Å². The standard InChI is InChI=1S/C27H31N3S/c1-2-30(25-18-19-29(21-25)20-22-12-6-3-7-13-22)27(31)28-26(23-14-8-4-9-15-23)24-16-10-5-11-17-24/h3-17,25-26H,2,18-21H2,1H3,(H,28,31). The van der Waals surface area contributed by atoms with E-state index in [1.165, 1.54) is 16.7 Å². The third kappa shape index (κ3) is 5.52. The monoisotopic (exact) mass is 429 g/mol. The summed E-state index contributed by atoms with van der Waals surface area (Å²) in [5, 5.41) is 4.52. The van der Waals surface area contributed by atoms with Crippen molar-refractivity contribution in [2.75, 3.05) is 19.6 Å². The van der Waals surface area contributed by atoms with Gasteiger partial charge in [0.15, 0.2) is 5.11 Å². The van der Waals surface area contributed by atoms with Crippen molar-refractivity contribution in [3.8, 4) is 0 Å². The van der Waals surface area contributed by atoms with Crippen LogP contribution in [0.4, 0.5) is 0 Å². The van der Waals surface area contributed by atoms with Crippen LogP contribution < -0.4 is 5.32 Å². The second kappa shape index (κ2) is 10.6. The summed E-state index contributed by atoms with van der Waals surface area (Å²) in [6.45, 7) is 6.27. The van der Waals surface area contributed by atoms with Gasteiger partial charge in [0.2, 0.25) is 0 Å². The molecule has 1 unspecified atom stereocenters. The summed E-state index contributed by atoms with van der Waals surface area (Å²) in [5.41, 5.74) is 3.83. The zero-order valence-corrected chi connectivity index (χ0v) is 19.0. The largest absolute Gasteiger partial charge is 0.352 e. The summed E-state index contributed by atoms with van der Waals surface area (Å²) in [6.07, 6.45) is 1.14. The number of thiocarbonyl (C=S) groups is 1. The molecule has 4 rings (SSSR count). The number of hydrogen-bond donors (Lipinski definition) is 1. The average molecular weight is 430 g/mol. The molecule has 0 saturated carbocycles. The van der Waals surface area contributed by atoms with Crippen LogP contribution in [0.2, 0.25) is 0 Å². The smallest absolute Gasteiger partial charge is 0.169 e. The molecule has 0 bridgehead atoms. The fraction of sp³-hybridized carbons (Fsp3) is 0.296. The first-order chi connectivity index (χ1) is 15.2. The molecule has 0 amide bonds. The zero-order valence-electron chi connectivity index (χ0n) is 18.2. The number of likely N-dealkylation sites (N-methyl/N-ethyl adjacent to an activating group) is 1. The molecule has 3 aromatic rings. The van der Waals surface area contributed by atoms with Crippen molar-refractivity contribution in [1.82, 2.24) is 15.1 Å². The minimum atomic E-state index is 0.0470. The molecule has 1 aliphatic heterocycles. The molecule has 1 N–H and O–H groups in total. The van der Waals surface area contributed by atoms with Gasteiger partial charge in [0.1, 0.15) is 0 Å². The van der Waals surface area contributed by atoms with E-state index in [1.807, 2.05) is 0 Å². The summed E-state index contributed by atoms with van der Waals surface area (Å²) in [4.78, 5) is 4.91. The van der Waals surface area contributed by atoms with Crippen LogP contribution in [0.5, 0.6) is 0 Å². The van der Waals surface area contributed by atoms with Crippen molar-refractivity contribution < 1.29 is 0 Å². The van der Waals surface area contributed by atoms with Gasteiger partial charge in [-0.3, -0.25) is 4.90 Å². The third-order valence-electron chi connectivity index (χ3n) is 6.07. The van der Waals surface area contributed by atoms with Crippen LogP contribution in [0, 0.1) is 0 Å². The van der Waals surface area contributed by atoms with Crippen LogP contribution >= 0.6 is 12.2 Å². The maximum atomic E-state index is 5.95. The Morgan fingerprint density at radius 1 is 0.935 bits per heavy atom. The lowest BCUT2D eigenvalue weighted by atomic mass is 9.99. The topological polar surface area (TPSA) is 18.5 Å². The van der Waals surface area contributed by atoms with E-state index < -0.39 is 0 Å². The second-order valence-electron chi connectivity index (χ2n) is 8.15. The lowest BCUT2D eigenvalue weighted by Crippen LogP contribution is -2.48. The Morgan fingerprint density at radius 3 is 2.03 bits per heavy atom. The molecule has 0 aliphatic carbocycles. The molecule has 160 valence electrons. The number of hydrogen-bond acceptors (Lipinski definition) is 2. The van der Waals surface area contributed by atoms with Crippen LogP contribution in [0.15, 0.2) is 91.0 Å². The Bertz CT molecular complexity index is 906. The van der Waals surface area contributed by atoms with Gasteiger partial charge >= 0.3 is 0 Å². The lowest BCUT2D eigenvalue weighted by molar-refractivity contribution is 0.278. The predicted octanol–water partition coefficient (Wildman–Crippen LogP) is 5.25. The molecular weight excluding hydrogens is 398 g/mol. The van der Waals surface area contributed by atoms with Crippen molar-refractivity contribution in [2.24, 2.45) is 0 Å². The maximum absolute atomic E-state index is 5.95. The van der Waals surface area contributed by atoms with Gasteiger partial charge in [-0.2, -0.15) is 0 Å². The molecule has 3 nitrogen and oxygen atoms in total. The van der Waals surface area contributed by atoms with Crippen LogP contribution in [-0.2, 0) is 6.54 Å². The molecule has 0 radical (unpaired) electrons. The van der Waals surface area contributed by atoms with Gasteiger partial charge in [0, 0.05) is 32.2 Å².